The molecule has 1 fully saturated rings. The maximum Gasteiger partial charge on any atom is 0.228 e. The molecule has 0 aliphatic carbocycles. The van der Waals surface area contributed by atoms with Crippen LogP contribution in [-0.4, -0.2) is 85.3 Å². The van der Waals surface area contributed by atoms with Gasteiger partial charge in [-0.15, -0.1) is 5.10 Å². The highest BCUT2D eigenvalue weighted by molar-refractivity contribution is 5.99. The van der Waals surface area contributed by atoms with Crippen molar-refractivity contribution in [2.24, 2.45) is 0 Å². The molecule has 188 valence electrons. The zero-order valence-electron chi connectivity index (χ0n) is 20.8. The third kappa shape index (κ3) is 4.65. The standard InChI is InChI=1S/C26H31N7O3/c1-34-17-16-31-12-14-32(15-13-31)26-28-23(18-4-8-20(35-2)9-5-18)22-24(27)33(30-25(22)29-26)19-6-10-21(36-3)11-7-19/h4-11H,12-17,27H2,1-3H3. The first-order valence-corrected chi connectivity index (χ1v) is 11.9. The smallest absolute Gasteiger partial charge is 0.228 e. The first-order chi connectivity index (χ1) is 17.6. The van der Waals surface area contributed by atoms with Crippen LogP contribution in [0.1, 0.15) is 0 Å². The minimum Gasteiger partial charge on any atom is -0.497 e. The van der Waals surface area contributed by atoms with Gasteiger partial charge in [-0.25, -0.2) is 9.67 Å². The second-order valence-electron chi connectivity index (χ2n) is 8.62. The first kappa shape index (κ1) is 23.8. The number of nitrogens with zero attached hydrogens (tertiary/aromatic N) is 6. The van der Waals surface area contributed by atoms with Crippen LogP contribution in [0, 0.1) is 0 Å². The van der Waals surface area contributed by atoms with Gasteiger partial charge in [0.15, 0.2) is 5.65 Å². The lowest BCUT2D eigenvalue weighted by Crippen LogP contribution is -2.47. The predicted octanol–water partition coefficient (Wildman–Crippen LogP) is 2.85. The molecular formula is C26H31N7O3. The van der Waals surface area contributed by atoms with Gasteiger partial charge in [-0.1, -0.05) is 0 Å². The molecule has 1 aliphatic rings. The molecule has 2 aromatic carbocycles. The lowest BCUT2D eigenvalue weighted by Gasteiger charge is -2.34. The molecule has 10 nitrogen and oxygen atoms in total. The average molecular weight is 490 g/mol. The van der Waals surface area contributed by atoms with Gasteiger partial charge in [-0.2, -0.15) is 4.98 Å². The number of nitrogen functional groups attached to an aromatic ring is 1. The van der Waals surface area contributed by atoms with Gasteiger partial charge < -0.3 is 24.8 Å². The molecule has 1 saturated heterocycles. The summed E-state index contributed by atoms with van der Waals surface area (Å²) in [6, 6.07) is 15.4. The highest BCUT2D eigenvalue weighted by Gasteiger charge is 2.24. The molecule has 2 aromatic heterocycles. The molecule has 0 spiro atoms. The van der Waals surface area contributed by atoms with E-state index in [9.17, 15) is 0 Å². The summed E-state index contributed by atoms with van der Waals surface area (Å²) in [4.78, 5) is 14.5. The summed E-state index contributed by atoms with van der Waals surface area (Å²) < 4.78 is 17.6. The molecule has 36 heavy (non-hydrogen) atoms. The molecule has 10 heteroatoms. The van der Waals surface area contributed by atoms with Gasteiger partial charge in [0, 0.05) is 45.4 Å². The van der Waals surface area contributed by atoms with Crippen LogP contribution in [0.4, 0.5) is 11.8 Å². The number of ether oxygens (including phenoxy) is 3. The molecule has 0 bridgehead atoms. The van der Waals surface area contributed by atoms with Crippen LogP contribution < -0.4 is 20.1 Å². The molecule has 0 saturated carbocycles. The molecule has 0 unspecified atom stereocenters. The Labute approximate surface area is 210 Å². The number of hydrogen-bond acceptors (Lipinski definition) is 9. The number of anilines is 2. The fraction of sp³-hybridized carbons (Fsp3) is 0.346. The summed E-state index contributed by atoms with van der Waals surface area (Å²) in [5.74, 6) is 2.68. The summed E-state index contributed by atoms with van der Waals surface area (Å²) >= 11 is 0. The van der Waals surface area contributed by atoms with Gasteiger partial charge in [0.05, 0.1) is 37.6 Å². The number of rotatable bonds is 8. The van der Waals surface area contributed by atoms with Crippen LogP contribution >= 0.6 is 0 Å². The van der Waals surface area contributed by atoms with E-state index in [-0.39, 0.29) is 0 Å². The number of aromatic nitrogens is 4. The van der Waals surface area contributed by atoms with Crippen LogP contribution in [0.5, 0.6) is 11.5 Å². The lowest BCUT2D eigenvalue weighted by atomic mass is 10.1. The van der Waals surface area contributed by atoms with Crippen LogP contribution in [-0.2, 0) is 4.74 Å². The molecule has 0 radical (unpaired) electrons. The van der Waals surface area contributed by atoms with Gasteiger partial charge in [0.2, 0.25) is 5.95 Å². The zero-order valence-corrected chi connectivity index (χ0v) is 20.8. The largest absolute Gasteiger partial charge is 0.497 e. The molecule has 1 aliphatic heterocycles. The molecular weight excluding hydrogens is 458 g/mol. The van der Waals surface area contributed by atoms with Gasteiger partial charge in [0.1, 0.15) is 17.3 Å². The van der Waals surface area contributed by atoms with E-state index >= 15 is 0 Å². The molecule has 2 N–H and O–H groups in total. The van der Waals surface area contributed by atoms with E-state index in [0.717, 1.165) is 73.2 Å². The third-order valence-electron chi connectivity index (χ3n) is 6.50. The van der Waals surface area contributed by atoms with E-state index in [4.69, 9.17) is 35.0 Å². The van der Waals surface area contributed by atoms with Crippen molar-refractivity contribution >= 4 is 22.8 Å². The Hall–Kier alpha value is -3.89. The van der Waals surface area contributed by atoms with Gasteiger partial charge in [-0.3, -0.25) is 4.90 Å². The van der Waals surface area contributed by atoms with Crippen molar-refractivity contribution in [1.29, 1.82) is 0 Å². The highest BCUT2D eigenvalue weighted by atomic mass is 16.5. The Morgan fingerprint density at radius 1 is 0.833 bits per heavy atom. The van der Waals surface area contributed by atoms with E-state index < -0.39 is 0 Å². The van der Waals surface area contributed by atoms with Crippen molar-refractivity contribution in [3.63, 3.8) is 0 Å². The summed E-state index contributed by atoms with van der Waals surface area (Å²) in [5, 5.41) is 5.51. The van der Waals surface area contributed by atoms with Crippen molar-refractivity contribution in [3.8, 4) is 28.4 Å². The Balaban J connectivity index is 1.57. The average Bonchev–Trinajstić information content (AvgIpc) is 3.28. The zero-order chi connectivity index (χ0) is 25.1. The van der Waals surface area contributed by atoms with Crippen molar-refractivity contribution < 1.29 is 14.2 Å². The first-order valence-electron chi connectivity index (χ1n) is 11.9. The minimum absolute atomic E-state index is 0.483. The third-order valence-corrected chi connectivity index (χ3v) is 6.50. The lowest BCUT2D eigenvalue weighted by molar-refractivity contribution is 0.144. The number of fused-ring (bicyclic) bond motifs is 1. The van der Waals surface area contributed by atoms with Gasteiger partial charge in [-0.05, 0) is 48.5 Å². The Kier molecular flexibility index (Phi) is 6.88. The molecule has 4 aromatic rings. The van der Waals surface area contributed by atoms with E-state index in [1.165, 1.54) is 0 Å². The number of nitrogens with two attached hydrogens (primary N) is 1. The van der Waals surface area contributed by atoms with Crippen molar-refractivity contribution in [3.05, 3.63) is 48.5 Å². The fourth-order valence-corrected chi connectivity index (χ4v) is 4.41. The summed E-state index contributed by atoms with van der Waals surface area (Å²) in [6.45, 7) is 5.14. The molecule has 0 atom stereocenters. The van der Waals surface area contributed by atoms with Crippen molar-refractivity contribution in [1.82, 2.24) is 24.6 Å². The maximum atomic E-state index is 6.66. The van der Waals surface area contributed by atoms with Gasteiger partial charge in [0.25, 0.3) is 0 Å². The summed E-state index contributed by atoms with van der Waals surface area (Å²) in [5.41, 5.74) is 9.71. The normalized spacial score (nSPS) is 14.4. The summed E-state index contributed by atoms with van der Waals surface area (Å²) in [7, 11) is 5.02. The topological polar surface area (TPSA) is 104 Å². The van der Waals surface area contributed by atoms with Crippen LogP contribution in [0.3, 0.4) is 0 Å². The monoisotopic (exact) mass is 489 g/mol. The van der Waals surface area contributed by atoms with Gasteiger partial charge >= 0.3 is 0 Å². The SMILES string of the molecule is COCCN1CCN(c2nc(-c3ccc(OC)cc3)c3c(N)n(-c4ccc(OC)cc4)nc3n2)CC1. The van der Waals surface area contributed by atoms with Crippen LogP contribution in [0.15, 0.2) is 48.5 Å². The number of hydrogen-bond donors (Lipinski definition) is 1. The quantitative estimate of drug-likeness (QED) is 0.400. The maximum absolute atomic E-state index is 6.66. The number of piperazine rings is 1. The fourth-order valence-electron chi connectivity index (χ4n) is 4.41. The van der Waals surface area contributed by atoms with Crippen LogP contribution in [0.25, 0.3) is 28.0 Å². The molecule has 0 amide bonds. The van der Waals surface area contributed by atoms with Crippen molar-refractivity contribution in [2.45, 2.75) is 0 Å². The number of benzene rings is 2. The Morgan fingerprint density at radius 2 is 1.47 bits per heavy atom. The van der Waals surface area contributed by atoms with E-state index in [2.05, 4.69) is 9.80 Å². The van der Waals surface area contributed by atoms with Crippen LogP contribution in [0.2, 0.25) is 0 Å². The van der Waals surface area contributed by atoms with E-state index in [1.807, 2.05) is 48.5 Å². The van der Waals surface area contributed by atoms with E-state index in [0.29, 0.717) is 17.4 Å². The Bertz CT molecular complexity index is 1310. The second-order valence-corrected chi connectivity index (χ2v) is 8.62. The molecule has 5 rings (SSSR count). The second kappa shape index (κ2) is 10.4. The molecule has 3 heterocycles. The number of methoxy groups -OCH3 is 3. The van der Waals surface area contributed by atoms with E-state index in [1.54, 1.807) is 26.0 Å². The van der Waals surface area contributed by atoms with Crippen molar-refractivity contribution in [2.75, 3.05) is 71.3 Å². The predicted molar refractivity (Wildman–Crippen MR) is 140 cm³/mol. The minimum atomic E-state index is 0.483. The summed E-state index contributed by atoms with van der Waals surface area (Å²) in [6.07, 6.45) is 0. The Morgan fingerprint density at radius 3 is 2.08 bits per heavy atom. The highest BCUT2D eigenvalue weighted by Crippen LogP contribution is 2.34.